The van der Waals surface area contributed by atoms with Crippen molar-refractivity contribution in [2.24, 2.45) is 5.92 Å². The Kier molecular flexibility index (Phi) is 7.69. The average molecular weight is 498 g/mol. The number of carbonyl (C=O) groups is 2. The van der Waals surface area contributed by atoms with Gasteiger partial charge in [0.05, 0.1) is 24.7 Å². The van der Waals surface area contributed by atoms with E-state index in [2.05, 4.69) is 5.32 Å². The molecular formula is C29H36FNO5. The van der Waals surface area contributed by atoms with E-state index in [0.29, 0.717) is 34.9 Å². The van der Waals surface area contributed by atoms with E-state index >= 15 is 0 Å². The van der Waals surface area contributed by atoms with Gasteiger partial charge in [0.25, 0.3) is 0 Å². The molecule has 2 aromatic carbocycles. The Hall–Kier alpha value is -2.93. The lowest BCUT2D eigenvalue weighted by molar-refractivity contribution is -0.123. The lowest BCUT2D eigenvalue weighted by atomic mass is 9.69. The van der Waals surface area contributed by atoms with Gasteiger partial charge in [-0.05, 0) is 60.6 Å². The third-order valence-corrected chi connectivity index (χ3v) is 7.51. The van der Waals surface area contributed by atoms with Crippen LogP contribution < -0.4 is 10.1 Å². The maximum atomic E-state index is 14.2. The molecule has 6 nitrogen and oxygen atoms in total. The monoisotopic (exact) mass is 497 g/mol. The Labute approximate surface area is 212 Å². The van der Waals surface area contributed by atoms with Gasteiger partial charge in [-0.15, -0.1) is 0 Å². The lowest BCUT2D eigenvalue weighted by Gasteiger charge is -2.39. The molecule has 1 atom stereocenters. The van der Waals surface area contributed by atoms with Gasteiger partial charge in [0, 0.05) is 16.8 Å². The van der Waals surface area contributed by atoms with E-state index < -0.39 is 11.0 Å². The fourth-order valence-corrected chi connectivity index (χ4v) is 5.98. The van der Waals surface area contributed by atoms with E-state index in [0.717, 1.165) is 31.2 Å². The molecule has 0 radical (unpaired) electrons. The second kappa shape index (κ2) is 10.6. The molecule has 1 saturated carbocycles. The van der Waals surface area contributed by atoms with Crippen LogP contribution in [0.15, 0.2) is 36.4 Å². The van der Waals surface area contributed by atoms with Crippen LogP contribution in [0.3, 0.4) is 0 Å². The zero-order valence-electron chi connectivity index (χ0n) is 21.4. The molecule has 1 unspecified atom stereocenters. The Morgan fingerprint density at radius 2 is 1.92 bits per heavy atom. The van der Waals surface area contributed by atoms with Gasteiger partial charge in [0.15, 0.2) is 0 Å². The molecule has 1 amide bonds. The molecule has 4 rings (SSSR count). The quantitative estimate of drug-likeness (QED) is 0.421. The molecule has 0 spiro atoms. The number of anilines is 1. The molecule has 194 valence electrons. The summed E-state index contributed by atoms with van der Waals surface area (Å²) in [7, 11) is 1.55. The van der Waals surface area contributed by atoms with Gasteiger partial charge >= 0.3 is 5.97 Å². The van der Waals surface area contributed by atoms with Crippen molar-refractivity contribution < 1.29 is 28.6 Å². The fraction of sp³-hybridized carbons (Fsp3) is 0.517. The van der Waals surface area contributed by atoms with E-state index in [9.17, 15) is 19.1 Å². The molecule has 36 heavy (non-hydrogen) atoms. The van der Waals surface area contributed by atoms with Crippen molar-refractivity contribution in [3.63, 3.8) is 0 Å². The zero-order chi connectivity index (χ0) is 25.9. The van der Waals surface area contributed by atoms with Crippen LogP contribution in [-0.2, 0) is 21.6 Å². The third-order valence-electron chi connectivity index (χ3n) is 7.51. The van der Waals surface area contributed by atoms with Crippen LogP contribution in [0.4, 0.5) is 10.1 Å². The number of rotatable bonds is 9. The van der Waals surface area contributed by atoms with Crippen LogP contribution in [0, 0.1) is 11.7 Å². The molecule has 0 aromatic heterocycles. The number of hydrogen-bond donors (Lipinski definition) is 2. The zero-order valence-corrected chi connectivity index (χ0v) is 21.4. The highest BCUT2D eigenvalue weighted by Crippen LogP contribution is 2.43. The molecule has 1 aliphatic heterocycles. The van der Waals surface area contributed by atoms with Crippen molar-refractivity contribution in [3.05, 3.63) is 58.9 Å². The smallest absolute Gasteiger partial charge is 0.338 e. The van der Waals surface area contributed by atoms with Crippen LogP contribution in [0.25, 0.3) is 0 Å². The number of fused-ring (bicyclic) bond motifs is 1. The number of hydrogen-bond acceptors (Lipinski definition) is 5. The Balaban J connectivity index is 1.55. The molecule has 2 aromatic rings. The first-order valence-corrected chi connectivity index (χ1v) is 12.7. The number of methoxy groups -OCH3 is 1. The Morgan fingerprint density at radius 3 is 2.64 bits per heavy atom. The number of nitrogens with one attached hydrogen (secondary N) is 1. The summed E-state index contributed by atoms with van der Waals surface area (Å²) in [5.41, 5.74) is 0.520. The highest BCUT2D eigenvalue weighted by molar-refractivity contribution is 5.96. The van der Waals surface area contributed by atoms with Gasteiger partial charge in [0.1, 0.15) is 18.2 Å². The second-order valence-electron chi connectivity index (χ2n) is 11.0. The first-order valence-electron chi connectivity index (χ1n) is 12.7. The number of amides is 1. The summed E-state index contributed by atoms with van der Waals surface area (Å²) < 4.78 is 24.7. The predicted molar refractivity (Wildman–Crippen MR) is 136 cm³/mol. The maximum absolute atomic E-state index is 14.2. The summed E-state index contributed by atoms with van der Waals surface area (Å²) in [5, 5.41) is 14.9. The molecule has 1 heterocycles. The maximum Gasteiger partial charge on any atom is 0.338 e. The van der Waals surface area contributed by atoms with Crippen molar-refractivity contribution in [1.29, 1.82) is 0 Å². The molecule has 0 saturated heterocycles. The summed E-state index contributed by atoms with van der Waals surface area (Å²) in [6.45, 7) is 4.09. The molecule has 2 N–H and O–H groups in total. The van der Waals surface area contributed by atoms with Crippen LogP contribution in [0.1, 0.15) is 86.7 Å². The van der Waals surface area contributed by atoms with Gasteiger partial charge < -0.3 is 19.9 Å². The molecule has 0 bridgehead atoms. The molecule has 1 fully saturated rings. The summed E-state index contributed by atoms with van der Waals surface area (Å²) in [4.78, 5) is 24.9. The minimum atomic E-state index is -1.29. The number of cyclic esters (lactones) is 1. The van der Waals surface area contributed by atoms with E-state index in [4.69, 9.17) is 9.47 Å². The van der Waals surface area contributed by atoms with Gasteiger partial charge in [-0.25, -0.2) is 9.18 Å². The first kappa shape index (κ1) is 26.1. The van der Waals surface area contributed by atoms with E-state index in [1.54, 1.807) is 31.4 Å². The summed E-state index contributed by atoms with van der Waals surface area (Å²) in [6, 6.07) is 9.46. The van der Waals surface area contributed by atoms with E-state index in [1.165, 1.54) is 18.6 Å². The van der Waals surface area contributed by atoms with Crippen LogP contribution in [0.2, 0.25) is 0 Å². The number of ether oxygens (including phenoxy) is 2. The topological polar surface area (TPSA) is 84.9 Å². The number of aliphatic hydroxyl groups is 1. The number of esters is 1. The fourth-order valence-electron chi connectivity index (χ4n) is 5.98. The molecule has 7 heteroatoms. The van der Waals surface area contributed by atoms with E-state index in [1.807, 2.05) is 13.8 Å². The SMILES string of the molecule is COc1ccc(F)cc1C(C)(C)CC(O)(CC(=O)Nc1ccc2c(c1)COC2=O)CC1CCCCC1. The highest BCUT2D eigenvalue weighted by atomic mass is 19.1. The van der Waals surface area contributed by atoms with Gasteiger partial charge in [0.2, 0.25) is 5.91 Å². The molecule has 2 aliphatic rings. The van der Waals surface area contributed by atoms with Gasteiger partial charge in [-0.3, -0.25) is 4.79 Å². The largest absolute Gasteiger partial charge is 0.496 e. The lowest BCUT2D eigenvalue weighted by Crippen LogP contribution is -2.42. The van der Waals surface area contributed by atoms with Crippen molar-refractivity contribution in [3.8, 4) is 5.75 Å². The second-order valence-corrected chi connectivity index (χ2v) is 11.0. The Morgan fingerprint density at radius 1 is 1.17 bits per heavy atom. The first-order chi connectivity index (χ1) is 17.1. The predicted octanol–water partition coefficient (Wildman–Crippen LogP) is 5.90. The third kappa shape index (κ3) is 6.06. The van der Waals surface area contributed by atoms with Crippen molar-refractivity contribution in [2.45, 2.75) is 82.8 Å². The minimum Gasteiger partial charge on any atom is -0.496 e. The normalized spacial score (nSPS) is 17.8. The molecular weight excluding hydrogens is 461 g/mol. The Bertz CT molecular complexity index is 1120. The summed E-state index contributed by atoms with van der Waals surface area (Å²) >= 11 is 0. The van der Waals surface area contributed by atoms with Crippen LogP contribution in [-0.4, -0.2) is 29.7 Å². The van der Waals surface area contributed by atoms with E-state index in [-0.39, 0.29) is 37.1 Å². The summed E-state index contributed by atoms with van der Waals surface area (Å²) in [6.07, 6.45) is 6.22. The number of halogens is 1. The summed E-state index contributed by atoms with van der Waals surface area (Å²) in [5.74, 6) is -0.141. The van der Waals surface area contributed by atoms with Crippen LogP contribution in [0.5, 0.6) is 5.75 Å². The molecule has 1 aliphatic carbocycles. The van der Waals surface area contributed by atoms with Gasteiger partial charge in [-0.2, -0.15) is 0 Å². The number of benzene rings is 2. The van der Waals surface area contributed by atoms with Gasteiger partial charge in [-0.1, -0.05) is 46.0 Å². The highest BCUT2D eigenvalue weighted by Gasteiger charge is 2.40. The van der Waals surface area contributed by atoms with Crippen molar-refractivity contribution in [2.75, 3.05) is 12.4 Å². The van der Waals surface area contributed by atoms with Crippen molar-refractivity contribution >= 4 is 17.6 Å². The van der Waals surface area contributed by atoms with Crippen molar-refractivity contribution in [1.82, 2.24) is 0 Å². The average Bonchev–Trinajstić information content (AvgIpc) is 3.18. The minimum absolute atomic E-state index is 0.0862. The van der Waals surface area contributed by atoms with Crippen LogP contribution >= 0.6 is 0 Å². The standard InChI is InChI=1S/C29H36FNO5/c1-28(2,24-14-21(30)9-12-25(24)35-3)18-29(34,15-19-7-5-4-6-8-19)16-26(32)31-22-10-11-23-20(13-22)17-36-27(23)33/h9-14,19,34H,4-8,15-18H2,1-3H3,(H,31,32). The number of carbonyl (C=O) groups excluding carboxylic acids is 2.